The van der Waals surface area contributed by atoms with Gasteiger partial charge in [0.1, 0.15) is 0 Å². The van der Waals surface area contributed by atoms with E-state index in [1.54, 1.807) is 22.7 Å². The predicted molar refractivity (Wildman–Crippen MR) is 85.3 cm³/mol. The van der Waals surface area contributed by atoms with E-state index in [2.05, 4.69) is 46.4 Å². The van der Waals surface area contributed by atoms with Crippen molar-refractivity contribution >= 4 is 28.4 Å². The summed E-state index contributed by atoms with van der Waals surface area (Å²) in [7, 11) is 0. The molecule has 0 aliphatic rings. The molecule has 0 spiro atoms. The Hall–Kier alpha value is -2.09. The number of rotatable bonds is 4. The third-order valence-electron chi connectivity index (χ3n) is 2.96. The van der Waals surface area contributed by atoms with Gasteiger partial charge in [0.05, 0.1) is 17.7 Å². The van der Waals surface area contributed by atoms with Crippen LogP contribution in [-0.4, -0.2) is 0 Å². The van der Waals surface area contributed by atoms with Gasteiger partial charge in [0.2, 0.25) is 0 Å². The summed E-state index contributed by atoms with van der Waals surface area (Å²) in [6.07, 6.45) is 0. The van der Waals surface area contributed by atoms with Crippen molar-refractivity contribution in [1.29, 1.82) is 5.26 Å². The fourth-order valence-electron chi connectivity index (χ4n) is 2.04. The van der Waals surface area contributed by atoms with Gasteiger partial charge in [-0.3, -0.25) is 0 Å². The van der Waals surface area contributed by atoms with Crippen LogP contribution in [0.1, 0.15) is 21.4 Å². The van der Waals surface area contributed by atoms with Crippen molar-refractivity contribution in [3.63, 3.8) is 0 Å². The van der Waals surface area contributed by atoms with E-state index in [1.165, 1.54) is 9.75 Å². The number of nitrogens with zero attached hydrogens (tertiary/aromatic N) is 1. The SMILES string of the molecule is N#Cc1cccc(NC(c2cccs2)c2cccs2)c1. The van der Waals surface area contributed by atoms with Gasteiger partial charge in [0, 0.05) is 15.4 Å². The second kappa shape index (κ2) is 5.91. The van der Waals surface area contributed by atoms with Crippen LogP contribution < -0.4 is 5.32 Å². The Balaban J connectivity index is 1.93. The molecule has 1 aromatic carbocycles. The van der Waals surface area contributed by atoms with Crippen LogP contribution in [-0.2, 0) is 0 Å². The van der Waals surface area contributed by atoms with Gasteiger partial charge in [0.15, 0.2) is 0 Å². The second-order valence-corrected chi connectivity index (χ2v) is 6.26. The molecule has 0 aliphatic carbocycles. The highest BCUT2D eigenvalue weighted by Crippen LogP contribution is 2.32. The second-order valence-electron chi connectivity index (χ2n) is 4.30. The fourth-order valence-corrected chi connectivity index (χ4v) is 3.70. The number of nitrogens with one attached hydrogen (secondary N) is 1. The molecule has 0 fully saturated rings. The lowest BCUT2D eigenvalue weighted by molar-refractivity contribution is 0.993. The molecule has 0 amide bonds. The van der Waals surface area contributed by atoms with Crippen LogP contribution in [0.25, 0.3) is 0 Å². The summed E-state index contributed by atoms with van der Waals surface area (Å²) < 4.78 is 0. The van der Waals surface area contributed by atoms with E-state index >= 15 is 0 Å². The zero-order valence-electron chi connectivity index (χ0n) is 10.6. The number of hydrogen-bond donors (Lipinski definition) is 1. The van der Waals surface area contributed by atoms with Crippen molar-refractivity contribution in [2.24, 2.45) is 0 Å². The van der Waals surface area contributed by atoms with Crippen molar-refractivity contribution in [2.75, 3.05) is 5.32 Å². The average Bonchev–Trinajstić information content (AvgIpc) is 3.18. The third kappa shape index (κ3) is 2.74. The van der Waals surface area contributed by atoms with Gasteiger partial charge in [-0.15, -0.1) is 22.7 Å². The Morgan fingerprint density at radius 3 is 2.20 bits per heavy atom. The molecule has 0 unspecified atom stereocenters. The summed E-state index contributed by atoms with van der Waals surface area (Å²) >= 11 is 3.48. The first-order chi connectivity index (χ1) is 9.86. The molecule has 3 rings (SSSR count). The van der Waals surface area contributed by atoms with Crippen LogP contribution in [0.4, 0.5) is 5.69 Å². The zero-order chi connectivity index (χ0) is 13.8. The lowest BCUT2D eigenvalue weighted by Crippen LogP contribution is -2.09. The Morgan fingerprint density at radius 2 is 1.65 bits per heavy atom. The van der Waals surface area contributed by atoms with Crippen LogP contribution in [0.15, 0.2) is 59.3 Å². The number of benzene rings is 1. The first-order valence-electron chi connectivity index (χ1n) is 6.20. The number of thiophene rings is 2. The maximum Gasteiger partial charge on any atom is 0.0992 e. The normalized spacial score (nSPS) is 10.4. The van der Waals surface area contributed by atoms with Crippen molar-refractivity contribution in [2.45, 2.75) is 6.04 Å². The van der Waals surface area contributed by atoms with Crippen molar-refractivity contribution in [1.82, 2.24) is 0 Å². The summed E-state index contributed by atoms with van der Waals surface area (Å²) in [6.45, 7) is 0. The molecule has 0 atom stereocenters. The van der Waals surface area contributed by atoms with Crippen molar-refractivity contribution in [3.05, 3.63) is 74.6 Å². The van der Waals surface area contributed by atoms with E-state index < -0.39 is 0 Å². The fraction of sp³-hybridized carbons (Fsp3) is 0.0625. The Kier molecular flexibility index (Phi) is 3.82. The monoisotopic (exact) mass is 296 g/mol. The smallest absolute Gasteiger partial charge is 0.0992 e. The Morgan fingerprint density at radius 1 is 0.950 bits per heavy atom. The van der Waals surface area contributed by atoms with E-state index in [0.29, 0.717) is 5.56 Å². The molecule has 0 saturated carbocycles. The van der Waals surface area contributed by atoms with Crippen molar-refractivity contribution in [3.8, 4) is 6.07 Å². The molecule has 2 nitrogen and oxygen atoms in total. The van der Waals surface area contributed by atoms with Crippen LogP contribution >= 0.6 is 22.7 Å². The predicted octanol–water partition coefficient (Wildman–Crippen LogP) is 4.88. The summed E-state index contributed by atoms with van der Waals surface area (Å²) in [6, 6.07) is 18.3. The standard InChI is InChI=1S/C16H12N2S2/c17-11-12-4-1-5-13(10-12)18-16(14-6-2-8-19-14)15-7-3-9-20-15/h1-10,16,18H. The first kappa shape index (κ1) is 12.9. The minimum atomic E-state index is 0.143. The summed E-state index contributed by atoms with van der Waals surface area (Å²) in [4.78, 5) is 2.55. The number of hydrogen-bond acceptors (Lipinski definition) is 4. The van der Waals surface area contributed by atoms with Crippen LogP contribution in [0.3, 0.4) is 0 Å². The molecular formula is C16H12N2S2. The minimum absolute atomic E-state index is 0.143. The number of anilines is 1. The van der Waals surface area contributed by atoms with Gasteiger partial charge >= 0.3 is 0 Å². The quantitative estimate of drug-likeness (QED) is 0.744. The molecule has 98 valence electrons. The Bertz CT molecular complexity index is 675. The number of nitriles is 1. The van der Waals surface area contributed by atoms with Crippen LogP contribution in [0, 0.1) is 11.3 Å². The lowest BCUT2D eigenvalue weighted by Gasteiger charge is -2.17. The topological polar surface area (TPSA) is 35.8 Å². The molecule has 0 aliphatic heterocycles. The molecule has 4 heteroatoms. The van der Waals surface area contributed by atoms with E-state index in [4.69, 9.17) is 5.26 Å². The molecule has 20 heavy (non-hydrogen) atoms. The largest absolute Gasteiger partial charge is 0.373 e. The highest BCUT2D eigenvalue weighted by atomic mass is 32.1. The molecule has 0 bridgehead atoms. The Labute approximate surface area is 125 Å². The third-order valence-corrected chi connectivity index (χ3v) is 4.83. The van der Waals surface area contributed by atoms with Gasteiger partial charge in [-0.25, -0.2) is 0 Å². The first-order valence-corrected chi connectivity index (χ1v) is 7.96. The van der Waals surface area contributed by atoms with Gasteiger partial charge in [-0.1, -0.05) is 18.2 Å². The van der Waals surface area contributed by atoms with Gasteiger partial charge in [0.25, 0.3) is 0 Å². The van der Waals surface area contributed by atoms with E-state index in [-0.39, 0.29) is 6.04 Å². The van der Waals surface area contributed by atoms with Crippen LogP contribution in [0.5, 0.6) is 0 Å². The molecule has 0 saturated heterocycles. The molecule has 3 aromatic rings. The van der Waals surface area contributed by atoms with Gasteiger partial charge in [-0.05, 0) is 41.1 Å². The maximum atomic E-state index is 8.99. The van der Waals surface area contributed by atoms with Crippen LogP contribution in [0.2, 0.25) is 0 Å². The van der Waals surface area contributed by atoms with Gasteiger partial charge < -0.3 is 5.32 Å². The average molecular weight is 296 g/mol. The highest BCUT2D eigenvalue weighted by molar-refractivity contribution is 7.11. The lowest BCUT2D eigenvalue weighted by atomic mass is 10.1. The van der Waals surface area contributed by atoms with Crippen molar-refractivity contribution < 1.29 is 0 Å². The molecular weight excluding hydrogens is 284 g/mol. The molecule has 1 N–H and O–H groups in total. The summed E-state index contributed by atoms with van der Waals surface area (Å²) in [5, 5.41) is 16.7. The summed E-state index contributed by atoms with van der Waals surface area (Å²) in [5.41, 5.74) is 1.64. The molecule has 2 heterocycles. The summed E-state index contributed by atoms with van der Waals surface area (Å²) in [5.74, 6) is 0. The van der Waals surface area contributed by atoms with Gasteiger partial charge in [-0.2, -0.15) is 5.26 Å². The molecule has 0 radical (unpaired) electrons. The molecule has 2 aromatic heterocycles. The van der Waals surface area contributed by atoms with E-state index in [0.717, 1.165) is 5.69 Å². The van der Waals surface area contributed by atoms with E-state index in [9.17, 15) is 0 Å². The minimum Gasteiger partial charge on any atom is -0.373 e. The highest BCUT2D eigenvalue weighted by Gasteiger charge is 2.16. The van der Waals surface area contributed by atoms with E-state index in [1.807, 2.05) is 24.3 Å². The maximum absolute atomic E-state index is 8.99. The zero-order valence-corrected chi connectivity index (χ0v) is 12.2.